The standard InChI is InChI=1S/C21H21Cl2N3O2/c1-3-26(13-19(27)24-21-16(22)8-6-9-17(21)23)20(28)11-14-12-25(2)18-10-5-4-7-15(14)18/h4-10,12H,3,11,13H2,1-2H3,(H,24,27). The van der Waals surface area contributed by atoms with Crippen LogP contribution >= 0.6 is 23.2 Å². The molecule has 0 radical (unpaired) electrons. The summed E-state index contributed by atoms with van der Waals surface area (Å²) < 4.78 is 2.00. The fourth-order valence-corrected chi connectivity index (χ4v) is 3.68. The molecule has 28 heavy (non-hydrogen) atoms. The van der Waals surface area contributed by atoms with E-state index in [0.717, 1.165) is 16.5 Å². The van der Waals surface area contributed by atoms with Crippen molar-refractivity contribution in [3.63, 3.8) is 0 Å². The molecule has 0 fully saturated rings. The van der Waals surface area contributed by atoms with E-state index in [4.69, 9.17) is 23.2 Å². The van der Waals surface area contributed by atoms with Crippen molar-refractivity contribution in [2.75, 3.05) is 18.4 Å². The van der Waals surface area contributed by atoms with Gasteiger partial charge in [-0.1, -0.05) is 47.5 Å². The van der Waals surface area contributed by atoms with Crippen LogP contribution < -0.4 is 5.32 Å². The zero-order valence-corrected chi connectivity index (χ0v) is 17.2. The Kier molecular flexibility index (Phi) is 6.27. The molecule has 3 aromatic rings. The summed E-state index contributed by atoms with van der Waals surface area (Å²) in [5.41, 5.74) is 2.36. The van der Waals surface area contributed by atoms with E-state index in [1.807, 2.05) is 49.0 Å². The Hall–Kier alpha value is -2.50. The molecule has 0 saturated heterocycles. The van der Waals surface area contributed by atoms with Crippen molar-refractivity contribution in [2.45, 2.75) is 13.3 Å². The first-order valence-corrected chi connectivity index (χ1v) is 9.71. The predicted octanol–water partition coefficient (Wildman–Crippen LogP) is 4.51. The summed E-state index contributed by atoms with van der Waals surface area (Å²) in [4.78, 5) is 26.8. The number of amides is 2. The molecule has 146 valence electrons. The molecule has 3 rings (SSSR count). The number of para-hydroxylation sites is 2. The lowest BCUT2D eigenvalue weighted by Gasteiger charge is -2.20. The first-order chi connectivity index (χ1) is 13.4. The van der Waals surface area contributed by atoms with Gasteiger partial charge in [0.05, 0.1) is 28.7 Å². The highest BCUT2D eigenvalue weighted by Crippen LogP contribution is 2.29. The lowest BCUT2D eigenvalue weighted by molar-refractivity contribution is -0.133. The SMILES string of the molecule is CCN(CC(=O)Nc1c(Cl)cccc1Cl)C(=O)Cc1cn(C)c2ccccc12. The van der Waals surface area contributed by atoms with Crippen molar-refractivity contribution >= 4 is 51.6 Å². The Labute approximate surface area is 173 Å². The van der Waals surface area contributed by atoms with Crippen molar-refractivity contribution in [1.82, 2.24) is 9.47 Å². The number of rotatable bonds is 6. The topological polar surface area (TPSA) is 54.3 Å². The summed E-state index contributed by atoms with van der Waals surface area (Å²) in [6.07, 6.45) is 2.19. The summed E-state index contributed by atoms with van der Waals surface area (Å²) in [6, 6.07) is 12.9. The number of likely N-dealkylation sites (N-methyl/N-ethyl adjacent to an activating group) is 1. The van der Waals surface area contributed by atoms with Gasteiger partial charge in [-0.2, -0.15) is 0 Å². The van der Waals surface area contributed by atoms with Crippen molar-refractivity contribution in [2.24, 2.45) is 7.05 Å². The Morgan fingerprint density at radius 2 is 1.75 bits per heavy atom. The van der Waals surface area contributed by atoms with Crippen LogP contribution in [0.2, 0.25) is 10.0 Å². The van der Waals surface area contributed by atoms with E-state index in [-0.39, 0.29) is 24.8 Å². The number of carbonyl (C=O) groups is 2. The van der Waals surface area contributed by atoms with Crippen molar-refractivity contribution in [1.29, 1.82) is 0 Å². The van der Waals surface area contributed by atoms with Crippen LogP contribution in [0, 0.1) is 0 Å². The number of hydrogen-bond donors (Lipinski definition) is 1. The molecule has 0 unspecified atom stereocenters. The van der Waals surface area contributed by atoms with Crippen LogP contribution in [0.5, 0.6) is 0 Å². The molecule has 0 aliphatic rings. The number of nitrogens with zero attached hydrogens (tertiary/aromatic N) is 2. The number of fused-ring (bicyclic) bond motifs is 1. The molecular formula is C21H21Cl2N3O2. The Morgan fingerprint density at radius 1 is 1.07 bits per heavy atom. The van der Waals surface area contributed by atoms with Crippen LogP contribution in [0.1, 0.15) is 12.5 Å². The minimum Gasteiger partial charge on any atom is -0.350 e. The third kappa shape index (κ3) is 4.32. The van der Waals surface area contributed by atoms with Gasteiger partial charge in [0.15, 0.2) is 0 Å². The second-order valence-corrected chi connectivity index (χ2v) is 7.33. The number of carbonyl (C=O) groups excluding carboxylic acids is 2. The first kappa shape index (κ1) is 20.2. The van der Waals surface area contributed by atoms with Gasteiger partial charge >= 0.3 is 0 Å². The monoisotopic (exact) mass is 417 g/mol. The second-order valence-electron chi connectivity index (χ2n) is 6.51. The van der Waals surface area contributed by atoms with Crippen molar-refractivity contribution in [3.8, 4) is 0 Å². The lowest BCUT2D eigenvalue weighted by atomic mass is 10.1. The van der Waals surface area contributed by atoms with Crippen LogP contribution in [-0.4, -0.2) is 34.4 Å². The van der Waals surface area contributed by atoms with Crippen LogP contribution in [0.4, 0.5) is 5.69 Å². The normalized spacial score (nSPS) is 10.9. The maximum Gasteiger partial charge on any atom is 0.244 e. The zero-order chi connectivity index (χ0) is 20.3. The molecule has 1 heterocycles. The highest BCUT2D eigenvalue weighted by atomic mass is 35.5. The van der Waals surface area contributed by atoms with Gasteiger partial charge in [0.25, 0.3) is 0 Å². The summed E-state index contributed by atoms with van der Waals surface area (Å²) in [6.45, 7) is 2.20. The average Bonchev–Trinajstić information content (AvgIpc) is 2.99. The number of aromatic nitrogens is 1. The number of benzene rings is 2. The minimum absolute atomic E-state index is 0.0678. The Balaban J connectivity index is 1.70. The summed E-state index contributed by atoms with van der Waals surface area (Å²) in [7, 11) is 1.95. The molecule has 2 aromatic carbocycles. The van der Waals surface area contributed by atoms with E-state index < -0.39 is 0 Å². The number of aryl methyl sites for hydroxylation is 1. The van der Waals surface area contributed by atoms with Gasteiger partial charge in [-0.05, 0) is 30.7 Å². The molecule has 1 N–H and O–H groups in total. The Morgan fingerprint density at radius 3 is 2.43 bits per heavy atom. The van der Waals surface area contributed by atoms with Crippen LogP contribution in [0.3, 0.4) is 0 Å². The molecule has 0 aliphatic heterocycles. The van der Waals surface area contributed by atoms with E-state index in [1.54, 1.807) is 18.2 Å². The number of nitrogens with one attached hydrogen (secondary N) is 1. The van der Waals surface area contributed by atoms with E-state index in [2.05, 4.69) is 5.32 Å². The summed E-state index contributed by atoms with van der Waals surface area (Å²) in [5, 5.41) is 4.44. The fraction of sp³-hybridized carbons (Fsp3) is 0.238. The second kappa shape index (κ2) is 8.67. The van der Waals surface area contributed by atoms with E-state index in [9.17, 15) is 9.59 Å². The smallest absolute Gasteiger partial charge is 0.244 e. The average molecular weight is 418 g/mol. The first-order valence-electron chi connectivity index (χ1n) is 8.95. The van der Waals surface area contributed by atoms with Gasteiger partial charge in [0.2, 0.25) is 11.8 Å². The van der Waals surface area contributed by atoms with Gasteiger partial charge in [0, 0.05) is 30.7 Å². The maximum atomic E-state index is 12.8. The molecular weight excluding hydrogens is 397 g/mol. The number of anilines is 1. The molecule has 0 spiro atoms. The van der Waals surface area contributed by atoms with E-state index >= 15 is 0 Å². The zero-order valence-electron chi connectivity index (χ0n) is 15.7. The molecule has 0 atom stereocenters. The molecule has 5 nitrogen and oxygen atoms in total. The third-order valence-corrected chi connectivity index (χ3v) is 5.25. The molecule has 2 amide bonds. The maximum absolute atomic E-state index is 12.8. The quantitative estimate of drug-likeness (QED) is 0.640. The van der Waals surface area contributed by atoms with Gasteiger partial charge in [-0.3, -0.25) is 9.59 Å². The largest absolute Gasteiger partial charge is 0.350 e. The van der Waals surface area contributed by atoms with Gasteiger partial charge in [-0.15, -0.1) is 0 Å². The summed E-state index contributed by atoms with van der Waals surface area (Å²) in [5.74, 6) is -0.456. The number of hydrogen-bond acceptors (Lipinski definition) is 2. The molecule has 0 bridgehead atoms. The molecule has 0 saturated carbocycles. The van der Waals surface area contributed by atoms with E-state index in [1.165, 1.54) is 4.90 Å². The lowest BCUT2D eigenvalue weighted by Crippen LogP contribution is -2.38. The predicted molar refractivity (Wildman–Crippen MR) is 114 cm³/mol. The highest BCUT2D eigenvalue weighted by molar-refractivity contribution is 6.39. The molecule has 1 aromatic heterocycles. The van der Waals surface area contributed by atoms with Crippen LogP contribution in [0.15, 0.2) is 48.7 Å². The highest BCUT2D eigenvalue weighted by Gasteiger charge is 2.19. The summed E-state index contributed by atoms with van der Waals surface area (Å²) >= 11 is 12.2. The van der Waals surface area contributed by atoms with Gasteiger partial charge in [0.1, 0.15) is 0 Å². The van der Waals surface area contributed by atoms with Crippen LogP contribution in [-0.2, 0) is 23.1 Å². The minimum atomic E-state index is -0.344. The van der Waals surface area contributed by atoms with Crippen LogP contribution in [0.25, 0.3) is 10.9 Å². The fourth-order valence-electron chi connectivity index (χ4n) is 3.19. The van der Waals surface area contributed by atoms with Crippen molar-refractivity contribution < 1.29 is 9.59 Å². The van der Waals surface area contributed by atoms with E-state index in [0.29, 0.717) is 22.3 Å². The number of halogens is 2. The molecule has 0 aliphatic carbocycles. The van der Waals surface area contributed by atoms with Gasteiger partial charge < -0.3 is 14.8 Å². The molecule has 7 heteroatoms. The Bertz CT molecular complexity index is 1010. The van der Waals surface area contributed by atoms with Crippen molar-refractivity contribution in [3.05, 3.63) is 64.3 Å². The van der Waals surface area contributed by atoms with Gasteiger partial charge in [-0.25, -0.2) is 0 Å². The third-order valence-electron chi connectivity index (χ3n) is 4.62.